The average molecular weight is 411 g/mol. The molecule has 11 heteroatoms. The first-order valence-corrected chi connectivity index (χ1v) is 8.85. The maximum absolute atomic E-state index is 12.4. The zero-order valence-corrected chi connectivity index (χ0v) is 17.2. The summed E-state index contributed by atoms with van der Waals surface area (Å²) >= 11 is 0. The zero-order valence-electron chi connectivity index (χ0n) is 16.0. The van der Waals surface area contributed by atoms with Crippen molar-refractivity contribution in [3.8, 4) is 5.75 Å². The number of benzene rings is 1. The first kappa shape index (κ1) is 23.3. The normalized spacial score (nSPS) is 12.7. The van der Waals surface area contributed by atoms with Crippen molar-refractivity contribution >= 4 is 39.0 Å². The summed E-state index contributed by atoms with van der Waals surface area (Å²) in [4.78, 5) is 39.4. The minimum Gasteiger partial charge on any atom is -0.450 e. The minimum absolute atomic E-state index is 0.0432. The number of nitrogens with one attached hydrogen (secondary N) is 2. The number of rotatable bonds is 8. The van der Waals surface area contributed by atoms with Crippen LogP contribution in [0.4, 0.5) is 5.69 Å². The molecule has 0 aliphatic carbocycles. The van der Waals surface area contributed by atoms with Gasteiger partial charge in [-0.15, -0.1) is 0 Å². The Morgan fingerprint density at radius 3 is 2.39 bits per heavy atom. The highest BCUT2D eigenvalue weighted by Gasteiger charge is 2.32. The fourth-order valence-corrected chi connectivity index (χ4v) is 2.17. The van der Waals surface area contributed by atoms with Crippen molar-refractivity contribution in [1.29, 1.82) is 0 Å². The van der Waals surface area contributed by atoms with Crippen LogP contribution in [0, 0.1) is 0 Å². The monoisotopic (exact) mass is 411 g/mol. The molecule has 1 aromatic rings. The number of carbonyl (C=O) groups is 3. The number of hydrogen-bond donors (Lipinski definition) is 4. The van der Waals surface area contributed by atoms with Crippen LogP contribution in [0.25, 0.3) is 0 Å². The summed E-state index contributed by atoms with van der Waals surface area (Å²) in [7, 11) is 3.36. The molecule has 0 saturated carbocycles. The van der Waals surface area contributed by atoms with E-state index in [1.807, 2.05) is 0 Å². The third-order valence-corrected chi connectivity index (χ3v) is 3.87. The molecule has 0 radical (unpaired) electrons. The number of carbonyl (C=O) groups excluding carboxylic acids is 3. The third-order valence-electron chi connectivity index (χ3n) is 3.64. The van der Waals surface area contributed by atoms with Crippen LogP contribution < -0.4 is 26.8 Å². The zero-order chi connectivity index (χ0) is 21.3. The van der Waals surface area contributed by atoms with Gasteiger partial charge >= 0.3 is 11.9 Å². The molecule has 0 fully saturated rings. The summed E-state index contributed by atoms with van der Waals surface area (Å²) in [6, 6.07) is 5.57. The number of aliphatic imine (C=N–C) groups is 1. The van der Waals surface area contributed by atoms with Gasteiger partial charge in [0.1, 0.15) is 17.3 Å². The lowest BCUT2D eigenvalue weighted by molar-refractivity contribution is -0.143. The second-order valence-corrected chi connectivity index (χ2v) is 6.64. The van der Waals surface area contributed by atoms with Crippen LogP contribution in [0.1, 0.15) is 26.7 Å². The van der Waals surface area contributed by atoms with Gasteiger partial charge in [0.05, 0.1) is 9.47 Å². The highest BCUT2D eigenvalue weighted by molar-refractivity contribution is 7.10. The molecule has 0 aliphatic rings. The van der Waals surface area contributed by atoms with E-state index in [0.29, 0.717) is 11.4 Å². The second kappa shape index (κ2) is 10.6. The molecule has 6 N–H and O–H groups in total. The van der Waals surface area contributed by atoms with E-state index in [1.165, 1.54) is 13.8 Å². The number of ether oxygens (including phenoxy) is 1. The molecule has 0 bridgehead atoms. The number of anilines is 1. The Kier molecular flexibility index (Phi) is 8.81. The predicted octanol–water partition coefficient (Wildman–Crippen LogP) is 0.284. The largest absolute Gasteiger partial charge is 0.450 e. The highest BCUT2D eigenvalue weighted by atomic mass is 31.0. The van der Waals surface area contributed by atoms with Gasteiger partial charge in [-0.1, -0.05) is 0 Å². The van der Waals surface area contributed by atoms with Crippen LogP contribution >= 0.6 is 9.47 Å². The van der Waals surface area contributed by atoms with Crippen molar-refractivity contribution < 1.29 is 23.6 Å². The highest BCUT2D eigenvalue weighted by Crippen LogP contribution is 2.18. The Balaban J connectivity index is 2.59. The van der Waals surface area contributed by atoms with Gasteiger partial charge in [0.25, 0.3) is 0 Å². The fourth-order valence-electron chi connectivity index (χ4n) is 2.00. The van der Waals surface area contributed by atoms with Gasteiger partial charge in [-0.05, 0) is 44.5 Å². The van der Waals surface area contributed by atoms with E-state index in [1.54, 1.807) is 40.8 Å². The number of esters is 1. The summed E-state index contributed by atoms with van der Waals surface area (Å²) in [5, 5.41) is 5.41. The molecule has 10 nitrogen and oxygen atoms in total. The van der Waals surface area contributed by atoms with Crippen LogP contribution in [0.2, 0.25) is 0 Å². The lowest BCUT2D eigenvalue weighted by atomic mass is 10.0. The molecule has 2 unspecified atom stereocenters. The Morgan fingerprint density at radius 2 is 1.86 bits per heavy atom. The van der Waals surface area contributed by atoms with E-state index in [0.717, 1.165) is 0 Å². The summed E-state index contributed by atoms with van der Waals surface area (Å²) in [6.07, 6.45) is 0.0429. The van der Waals surface area contributed by atoms with Crippen LogP contribution in [0.5, 0.6) is 5.75 Å². The summed E-state index contributed by atoms with van der Waals surface area (Å²) in [6.45, 7) is 3.02. The lowest BCUT2D eigenvalue weighted by Crippen LogP contribution is -2.52. The van der Waals surface area contributed by atoms with Gasteiger partial charge in [-0.25, -0.2) is 4.79 Å². The number of guanidine groups is 1. The second-order valence-electron chi connectivity index (χ2n) is 6.40. The molecular weight excluding hydrogens is 385 g/mol. The van der Waals surface area contributed by atoms with Crippen molar-refractivity contribution in [3.63, 3.8) is 0 Å². The topological polar surface area (TPSA) is 158 Å². The number of nitrogens with zero attached hydrogens (tertiary/aromatic N) is 1. The number of hydrogen-bond acceptors (Lipinski definition) is 7. The van der Waals surface area contributed by atoms with Crippen molar-refractivity contribution in [2.75, 3.05) is 12.4 Å². The average Bonchev–Trinajstić information content (AvgIpc) is 2.66. The van der Waals surface area contributed by atoms with Crippen molar-refractivity contribution in [3.05, 3.63) is 24.3 Å². The van der Waals surface area contributed by atoms with Crippen LogP contribution in [0.15, 0.2) is 29.3 Å². The van der Waals surface area contributed by atoms with Gasteiger partial charge in [-0.2, -0.15) is 0 Å². The molecule has 0 heterocycles. The van der Waals surface area contributed by atoms with Gasteiger partial charge in [-0.3, -0.25) is 14.6 Å². The third kappa shape index (κ3) is 7.50. The molecule has 28 heavy (non-hydrogen) atoms. The first-order valence-electron chi connectivity index (χ1n) is 8.38. The van der Waals surface area contributed by atoms with Gasteiger partial charge in [0, 0.05) is 19.2 Å². The van der Waals surface area contributed by atoms with Crippen LogP contribution in [-0.4, -0.2) is 42.4 Å². The molecule has 0 spiro atoms. The van der Waals surface area contributed by atoms with E-state index < -0.39 is 29.4 Å². The van der Waals surface area contributed by atoms with Gasteiger partial charge in [0.15, 0.2) is 5.96 Å². The van der Waals surface area contributed by atoms with E-state index in [9.17, 15) is 14.4 Å². The number of nitrogens with two attached hydrogens (primary N) is 2. The van der Waals surface area contributed by atoms with Crippen molar-refractivity contribution in [1.82, 2.24) is 5.32 Å². The van der Waals surface area contributed by atoms with Crippen LogP contribution in [0.3, 0.4) is 0 Å². The molecule has 154 valence electrons. The Bertz CT molecular complexity index is 736. The van der Waals surface area contributed by atoms with Gasteiger partial charge in [0.2, 0.25) is 5.91 Å². The molecule has 0 aliphatic heterocycles. The number of amides is 1. The molecule has 1 amide bonds. The fraction of sp³-hybridized carbons (Fsp3) is 0.412. The van der Waals surface area contributed by atoms with Crippen molar-refractivity contribution in [2.45, 2.75) is 38.3 Å². The summed E-state index contributed by atoms with van der Waals surface area (Å²) in [5.74, 6) is -1.18. The van der Waals surface area contributed by atoms with E-state index >= 15 is 0 Å². The standard InChI is InChI=1S/C17H26N5O5P/c1-17(2,22-13(23)9-8-12(18)14(24)27-28)15(25)26-11-6-4-10(5-7-11)21-16(19)20-3/h4-7,12H,8-9,18,28H2,1-3H3,(H,22,23)(H3,19,20,21). The SMILES string of the molecule is CN=C(N)Nc1ccc(OC(=O)C(C)(C)NC(=O)CCC(N)C(=O)OP)cc1. The van der Waals surface area contributed by atoms with Crippen molar-refractivity contribution in [2.24, 2.45) is 16.5 Å². The maximum Gasteiger partial charge on any atom is 0.336 e. The predicted molar refractivity (Wildman–Crippen MR) is 108 cm³/mol. The van der Waals surface area contributed by atoms with E-state index in [2.05, 4.69) is 20.1 Å². The molecule has 1 rings (SSSR count). The van der Waals surface area contributed by atoms with Gasteiger partial charge < -0.3 is 31.4 Å². The van der Waals surface area contributed by atoms with E-state index in [-0.39, 0.29) is 18.8 Å². The molecular formula is C17H26N5O5P. The molecule has 0 saturated heterocycles. The Morgan fingerprint density at radius 1 is 1.25 bits per heavy atom. The molecule has 2 atom stereocenters. The minimum atomic E-state index is -1.28. The quantitative estimate of drug-likeness (QED) is 0.156. The maximum atomic E-state index is 12.4. The summed E-state index contributed by atoms with van der Waals surface area (Å²) < 4.78 is 9.72. The van der Waals surface area contributed by atoms with Crippen LogP contribution in [-0.2, 0) is 18.9 Å². The Labute approximate surface area is 165 Å². The summed E-state index contributed by atoms with van der Waals surface area (Å²) in [5.41, 5.74) is 10.5. The van der Waals surface area contributed by atoms with E-state index in [4.69, 9.17) is 16.2 Å². The smallest absolute Gasteiger partial charge is 0.336 e. The Hall–Kier alpha value is -2.71. The first-order chi connectivity index (χ1) is 13.1. The lowest BCUT2D eigenvalue weighted by Gasteiger charge is -2.24. The molecule has 1 aromatic carbocycles. The molecule has 0 aromatic heterocycles.